The summed E-state index contributed by atoms with van der Waals surface area (Å²) in [4.78, 5) is 30.2. The Morgan fingerprint density at radius 3 is 2.55 bits per heavy atom. The van der Waals surface area contributed by atoms with Gasteiger partial charge in [-0.25, -0.2) is 0 Å². The van der Waals surface area contributed by atoms with Gasteiger partial charge in [0.05, 0.1) is 5.39 Å². The minimum atomic E-state index is -0.191. The van der Waals surface area contributed by atoms with Crippen molar-refractivity contribution in [1.82, 2.24) is 9.80 Å². The van der Waals surface area contributed by atoms with Crippen LogP contribution in [-0.4, -0.2) is 47.4 Å². The molecule has 1 aromatic heterocycles. The van der Waals surface area contributed by atoms with E-state index in [4.69, 9.17) is 4.42 Å². The minimum Gasteiger partial charge on any atom is -0.451 e. The maximum atomic E-state index is 13.4. The molecule has 1 amide bonds. The van der Waals surface area contributed by atoms with Crippen molar-refractivity contribution in [2.45, 2.75) is 31.3 Å². The van der Waals surface area contributed by atoms with Crippen LogP contribution in [0.1, 0.15) is 29.0 Å². The van der Waals surface area contributed by atoms with E-state index >= 15 is 0 Å². The first kappa shape index (κ1) is 18.1. The molecule has 5 rings (SSSR count). The molecule has 0 radical (unpaired) electrons. The highest BCUT2D eigenvalue weighted by molar-refractivity contribution is 5.93. The van der Waals surface area contributed by atoms with E-state index in [-0.39, 0.29) is 23.1 Å². The molecule has 2 heterocycles. The number of hydrogen-bond donors (Lipinski definition) is 0. The fourth-order valence-corrected chi connectivity index (χ4v) is 4.33. The SMILES string of the molecule is O=C(c1cc(=O)c2ccccc2o1)N1CCN(C2CC2)CC1Cc1ccccc1. The van der Waals surface area contributed by atoms with Crippen LogP contribution in [0.3, 0.4) is 0 Å². The van der Waals surface area contributed by atoms with E-state index in [0.29, 0.717) is 23.6 Å². The molecule has 1 atom stereocenters. The highest BCUT2D eigenvalue weighted by atomic mass is 16.3. The van der Waals surface area contributed by atoms with Crippen molar-refractivity contribution < 1.29 is 9.21 Å². The number of carbonyl (C=O) groups excluding carboxylic acids is 1. The molecule has 0 bridgehead atoms. The largest absolute Gasteiger partial charge is 0.451 e. The first-order chi connectivity index (χ1) is 14.2. The summed E-state index contributed by atoms with van der Waals surface area (Å²) in [6.07, 6.45) is 3.31. The topological polar surface area (TPSA) is 53.8 Å². The van der Waals surface area contributed by atoms with Crippen molar-refractivity contribution in [2.24, 2.45) is 0 Å². The molecule has 3 aromatic rings. The summed E-state index contributed by atoms with van der Waals surface area (Å²) < 4.78 is 5.84. The summed E-state index contributed by atoms with van der Waals surface area (Å²) in [5, 5.41) is 0.503. The normalized spacial score (nSPS) is 20.1. The summed E-state index contributed by atoms with van der Waals surface area (Å²) in [5.74, 6) is -0.0594. The zero-order valence-corrected chi connectivity index (χ0v) is 16.3. The highest BCUT2D eigenvalue weighted by Gasteiger charge is 2.38. The van der Waals surface area contributed by atoms with Gasteiger partial charge in [-0.15, -0.1) is 0 Å². The number of rotatable bonds is 4. The Morgan fingerprint density at radius 1 is 1.00 bits per heavy atom. The first-order valence-corrected chi connectivity index (χ1v) is 10.3. The second kappa shape index (κ2) is 7.48. The van der Waals surface area contributed by atoms with Gasteiger partial charge in [0.25, 0.3) is 5.91 Å². The van der Waals surface area contributed by atoms with Crippen LogP contribution in [0.2, 0.25) is 0 Å². The lowest BCUT2D eigenvalue weighted by atomic mass is 10.0. The number of carbonyl (C=O) groups is 1. The lowest BCUT2D eigenvalue weighted by molar-refractivity contribution is 0.0409. The van der Waals surface area contributed by atoms with E-state index in [1.54, 1.807) is 18.2 Å². The van der Waals surface area contributed by atoms with Crippen molar-refractivity contribution in [3.63, 3.8) is 0 Å². The molecule has 0 N–H and O–H groups in total. The van der Waals surface area contributed by atoms with Gasteiger partial charge < -0.3 is 9.32 Å². The van der Waals surface area contributed by atoms with E-state index in [0.717, 1.165) is 19.5 Å². The van der Waals surface area contributed by atoms with Crippen molar-refractivity contribution in [3.05, 3.63) is 82.2 Å². The molecule has 148 valence electrons. The number of hydrogen-bond acceptors (Lipinski definition) is 4. The molecule has 29 heavy (non-hydrogen) atoms. The molecular weight excluding hydrogens is 364 g/mol. The summed E-state index contributed by atoms with van der Waals surface area (Å²) in [6.45, 7) is 2.39. The minimum absolute atomic E-state index is 0.0658. The van der Waals surface area contributed by atoms with Crippen LogP contribution in [-0.2, 0) is 6.42 Å². The lowest BCUT2D eigenvalue weighted by Gasteiger charge is -2.41. The van der Waals surface area contributed by atoms with Gasteiger partial charge in [0.15, 0.2) is 11.2 Å². The van der Waals surface area contributed by atoms with E-state index in [1.165, 1.54) is 24.5 Å². The summed E-state index contributed by atoms with van der Waals surface area (Å²) in [5.41, 5.74) is 1.50. The van der Waals surface area contributed by atoms with Gasteiger partial charge in [-0.05, 0) is 37.0 Å². The molecule has 1 saturated heterocycles. The molecule has 1 saturated carbocycles. The fraction of sp³-hybridized carbons (Fsp3) is 0.333. The molecule has 0 spiro atoms. The molecule has 5 nitrogen and oxygen atoms in total. The van der Waals surface area contributed by atoms with Crippen molar-refractivity contribution in [2.75, 3.05) is 19.6 Å². The Bertz CT molecular complexity index is 1090. The first-order valence-electron chi connectivity index (χ1n) is 10.3. The highest BCUT2D eigenvalue weighted by Crippen LogP contribution is 2.30. The molecule has 2 aliphatic rings. The van der Waals surface area contributed by atoms with Crippen molar-refractivity contribution in [3.8, 4) is 0 Å². The molecule has 1 unspecified atom stereocenters. The Balaban J connectivity index is 1.45. The van der Waals surface area contributed by atoms with Gasteiger partial charge in [-0.2, -0.15) is 0 Å². The van der Waals surface area contributed by atoms with Gasteiger partial charge in [0, 0.05) is 37.8 Å². The number of nitrogens with zero attached hydrogens (tertiary/aromatic N) is 2. The van der Waals surface area contributed by atoms with Crippen molar-refractivity contribution in [1.29, 1.82) is 0 Å². The molecule has 2 aromatic carbocycles. The van der Waals surface area contributed by atoms with Gasteiger partial charge in [-0.3, -0.25) is 14.5 Å². The summed E-state index contributed by atoms with van der Waals surface area (Å²) >= 11 is 0. The average Bonchev–Trinajstić information content (AvgIpc) is 3.59. The Hall–Kier alpha value is -2.92. The summed E-state index contributed by atoms with van der Waals surface area (Å²) in [7, 11) is 0. The Labute approximate surface area is 169 Å². The third-order valence-electron chi connectivity index (χ3n) is 6.00. The number of benzene rings is 2. The predicted molar refractivity (Wildman–Crippen MR) is 112 cm³/mol. The van der Waals surface area contributed by atoms with E-state index in [9.17, 15) is 9.59 Å². The van der Waals surface area contributed by atoms with Gasteiger partial charge >= 0.3 is 0 Å². The number of piperazine rings is 1. The average molecular weight is 388 g/mol. The van der Waals surface area contributed by atoms with Gasteiger partial charge in [0.1, 0.15) is 5.58 Å². The maximum absolute atomic E-state index is 13.4. The molecule has 1 aliphatic heterocycles. The van der Waals surface area contributed by atoms with Crippen molar-refractivity contribution >= 4 is 16.9 Å². The number of fused-ring (bicyclic) bond motifs is 1. The summed E-state index contributed by atoms with van der Waals surface area (Å²) in [6, 6.07) is 19.4. The monoisotopic (exact) mass is 388 g/mol. The molecule has 2 fully saturated rings. The maximum Gasteiger partial charge on any atom is 0.290 e. The Morgan fingerprint density at radius 2 is 1.76 bits per heavy atom. The van der Waals surface area contributed by atoms with E-state index in [1.807, 2.05) is 29.2 Å². The second-order valence-corrected chi connectivity index (χ2v) is 8.04. The smallest absolute Gasteiger partial charge is 0.290 e. The van der Waals surface area contributed by atoms with E-state index in [2.05, 4.69) is 17.0 Å². The van der Waals surface area contributed by atoms with Crippen LogP contribution in [0.4, 0.5) is 0 Å². The van der Waals surface area contributed by atoms with Crippen LogP contribution < -0.4 is 5.43 Å². The number of amides is 1. The third kappa shape index (κ3) is 3.70. The molecule has 1 aliphatic carbocycles. The molecule has 5 heteroatoms. The van der Waals surface area contributed by atoms with Crippen LogP contribution in [0, 0.1) is 0 Å². The third-order valence-corrected chi connectivity index (χ3v) is 6.00. The zero-order valence-electron chi connectivity index (χ0n) is 16.3. The van der Waals surface area contributed by atoms with Crippen LogP contribution in [0.5, 0.6) is 0 Å². The van der Waals surface area contributed by atoms with Crippen LogP contribution in [0.25, 0.3) is 11.0 Å². The standard InChI is InChI=1S/C24H24N2O3/c27-21-15-23(29-22-9-5-4-8-20(21)22)24(28)26-13-12-25(18-10-11-18)16-19(26)14-17-6-2-1-3-7-17/h1-9,15,18-19H,10-14,16H2. The van der Waals surface area contributed by atoms with Crippen LogP contribution >= 0.6 is 0 Å². The van der Waals surface area contributed by atoms with Gasteiger partial charge in [-0.1, -0.05) is 42.5 Å². The molecular formula is C24H24N2O3. The van der Waals surface area contributed by atoms with Crippen LogP contribution in [0.15, 0.2) is 69.9 Å². The quantitative estimate of drug-likeness (QED) is 0.688. The lowest BCUT2D eigenvalue weighted by Crippen LogP contribution is -2.56. The fourth-order valence-electron chi connectivity index (χ4n) is 4.33. The zero-order chi connectivity index (χ0) is 19.8. The van der Waals surface area contributed by atoms with Gasteiger partial charge in [0.2, 0.25) is 0 Å². The second-order valence-electron chi connectivity index (χ2n) is 8.04. The van der Waals surface area contributed by atoms with E-state index < -0.39 is 0 Å². The number of para-hydroxylation sites is 1. The predicted octanol–water partition coefficient (Wildman–Crippen LogP) is 3.32. The Kier molecular flexibility index (Phi) is 4.68.